The standard InChI is InChI=1S/C8H6ClF3/c9-7-2-1-5(8(10,11)12)3-6(7)4-7/h1-3,6H,4H2. The molecule has 2 rings (SSSR count). The number of allylic oxidation sites excluding steroid dienone is 4. The van der Waals surface area contributed by atoms with E-state index in [0.29, 0.717) is 6.42 Å². The molecule has 0 aromatic rings. The minimum Gasteiger partial charge on any atom is -0.166 e. The summed E-state index contributed by atoms with van der Waals surface area (Å²) in [6, 6.07) is 0. The van der Waals surface area contributed by atoms with E-state index in [-0.39, 0.29) is 5.92 Å². The van der Waals surface area contributed by atoms with Crippen LogP contribution >= 0.6 is 11.6 Å². The lowest BCUT2D eigenvalue weighted by Crippen LogP contribution is -2.14. The van der Waals surface area contributed by atoms with Gasteiger partial charge in [-0.2, -0.15) is 13.2 Å². The summed E-state index contributed by atoms with van der Waals surface area (Å²) in [7, 11) is 0. The molecule has 12 heavy (non-hydrogen) atoms. The molecular formula is C8H6ClF3. The Morgan fingerprint density at radius 2 is 2.17 bits per heavy atom. The van der Waals surface area contributed by atoms with E-state index in [2.05, 4.69) is 0 Å². The summed E-state index contributed by atoms with van der Waals surface area (Å²) >= 11 is 5.86. The van der Waals surface area contributed by atoms with Gasteiger partial charge >= 0.3 is 6.18 Å². The Morgan fingerprint density at radius 3 is 2.67 bits per heavy atom. The molecule has 0 bridgehead atoms. The van der Waals surface area contributed by atoms with E-state index < -0.39 is 16.6 Å². The van der Waals surface area contributed by atoms with Crippen molar-refractivity contribution in [1.29, 1.82) is 0 Å². The van der Waals surface area contributed by atoms with Crippen LogP contribution in [0.1, 0.15) is 6.42 Å². The molecule has 4 heteroatoms. The van der Waals surface area contributed by atoms with Crippen LogP contribution in [-0.2, 0) is 0 Å². The number of hydrogen-bond donors (Lipinski definition) is 0. The molecule has 0 saturated heterocycles. The summed E-state index contributed by atoms with van der Waals surface area (Å²) in [6.07, 6.45) is 0.132. The summed E-state index contributed by atoms with van der Waals surface area (Å²) in [5.41, 5.74) is -0.568. The lowest BCUT2D eigenvalue weighted by molar-refractivity contribution is -0.0886. The first-order chi connectivity index (χ1) is 5.42. The van der Waals surface area contributed by atoms with Crippen LogP contribution in [0, 0.1) is 5.92 Å². The van der Waals surface area contributed by atoms with Crippen LogP contribution in [0.3, 0.4) is 0 Å². The lowest BCUT2D eigenvalue weighted by atomic mass is 10.1. The molecule has 2 unspecified atom stereocenters. The molecule has 0 N–H and O–H groups in total. The van der Waals surface area contributed by atoms with Crippen molar-refractivity contribution in [1.82, 2.24) is 0 Å². The van der Waals surface area contributed by atoms with Gasteiger partial charge in [-0.05, 0) is 6.42 Å². The van der Waals surface area contributed by atoms with E-state index in [9.17, 15) is 13.2 Å². The van der Waals surface area contributed by atoms with E-state index in [1.165, 1.54) is 12.2 Å². The SMILES string of the molecule is FC(F)(F)C1=CC2CC2(Cl)C=C1. The molecule has 0 aliphatic heterocycles. The maximum atomic E-state index is 12.1. The summed E-state index contributed by atoms with van der Waals surface area (Å²) in [5, 5.41) is 0. The summed E-state index contributed by atoms with van der Waals surface area (Å²) < 4.78 is 36.3. The number of alkyl halides is 4. The Balaban J connectivity index is 2.24. The first kappa shape index (κ1) is 8.17. The molecule has 0 nitrogen and oxygen atoms in total. The van der Waals surface area contributed by atoms with Crippen LogP contribution < -0.4 is 0 Å². The normalized spacial score (nSPS) is 39.0. The first-order valence-electron chi connectivity index (χ1n) is 3.59. The topological polar surface area (TPSA) is 0 Å². The lowest BCUT2D eigenvalue weighted by Gasteiger charge is -2.12. The zero-order chi connectivity index (χ0) is 8.98. The van der Waals surface area contributed by atoms with Crippen LogP contribution in [-0.4, -0.2) is 11.1 Å². The van der Waals surface area contributed by atoms with Gasteiger partial charge in [0.05, 0.1) is 10.4 Å². The van der Waals surface area contributed by atoms with Crippen molar-refractivity contribution in [3.05, 3.63) is 23.8 Å². The molecule has 0 aromatic carbocycles. The highest BCUT2D eigenvalue weighted by Crippen LogP contribution is 2.55. The summed E-state index contributed by atoms with van der Waals surface area (Å²) in [6.45, 7) is 0. The van der Waals surface area contributed by atoms with Crippen molar-refractivity contribution in [2.24, 2.45) is 5.92 Å². The number of rotatable bonds is 0. The molecule has 2 atom stereocenters. The number of halogens is 4. The van der Waals surface area contributed by atoms with Gasteiger partial charge in [-0.25, -0.2) is 0 Å². The van der Waals surface area contributed by atoms with Gasteiger partial charge in [-0.3, -0.25) is 0 Å². The Kier molecular flexibility index (Phi) is 1.41. The molecule has 0 aromatic heterocycles. The third-order valence-corrected chi connectivity index (χ3v) is 2.80. The first-order valence-corrected chi connectivity index (χ1v) is 3.97. The average molecular weight is 195 g/mol. The van der Waals surface area contributed by atoms with Crippen LogP contribution in [0.2, 0.25) is 0 Å². The fraction of sp³-hybridized carbons (Fsp3) is 0.500. The Hall–Kier alpha value is -0.440. The highest BCUT2D eigenvalue weighted by atomic mass is 35.5. The quantitative estimate of drug-likeness (QED) is 0.520. The van der Waals surface area contributed by atoms with Crippen molar-refractivity contribution in [3.63, 3.8) is 0 Å². The van der Waals surface area contributed by atoms with Gasteiger partial charge in [0.25, 0.3) is 0 Å². The summed E-state index contributed by atoms with van der Waals surface area (Å²) in [5.74, 6) is -0.110. The van der Waals surface area contributed by atoms with Crippen LogP contribution in [0.25, 0.3) is 0 Å². The van der Waals surface area contributed by atoms with Gasteiger partial charge in [0.1, 0.15) is 0 Å². The molecule has 0 radical (unpaired) electrons. The van der Waals surface area contributed by atoms with Gasteiger partial charge in [-0.15, -0.1) is 11.6 Å². The highest BCUT2D eigenvalue weighted by Gasteiger charge is 2.53. The highest BCUT2D eigenvalue weighted by molar-refractivity contribution is 6.28. The van der Waals surface area contributed by atoms with Gasteiger partial charge < -0.3 is 0 Å². The molecule has 0 amide bonds. The van der Waals surface area contributed by atoms with Gasteiger partial charge in [0.2, 0.25) is 0 Å². The van der Waals surface area contributed by atoms with Crippen molar-refractivity contribution < 1.29 is 13.2 Å². The monoisotopic (exact) mass is 194 g/mol. The van der Waals surface area contributed by atoms with Gasteiger partial charge in [-0.1, -0.05) is 18.2 Å². The molecular weight excluding hydrogens is 189 g/mol. The van der Waals surface area contributed by atoms with Gasteiger partial charge in [0.15, 0.2) is 0 Å². The second-order valence-electron chi connectivity index (χ2n) is 3.19. The maximum absolute atomic E-state index is 12.1. The number of hydrogen-bond acceptors (Lipinski definition) is 0. The molecule has 1 fully saturated rings. The van der Waals surface area contributed by atoms with Crippen molar-refractivity contribution in [2.75, 3.05) is 0 Å². The largest absolute Gasteiger partial charge is 0.416 e. The zero-order valence-electron chi connectivity index (χ0n) is 6.03. The fourth-order valence-electron chi connectivity index (χ4n) is 1.36. The Bertz CT molecular complexity index is 277. The Morgan fingerprint density at radius 1 is 1.50 bits per heavy atom. The van der Waals surface area contributed by atoms with Crippen molar-refractivity contribution in [3.8, 4) is 0 Å². The number of fused-ring (bicyclic) bond motifs is 1. The van der Waals surface area contributed by atoms with Crippen molar-refractivity contribution >= 4 is 11.6 Å². The van der Waals surface area contributed by atoms with Crippen molar-refractivity contribution in [2.45, 2.75) is 17.5 Å². The summed E-state index contributed by atoms with van der Waals surface area (Å²) in [4.78, 5) is -0.491. The predicted octanol–water partition coefficient (Wildman–Crippen LogP) is 3.04. The van der Waals surface area contributed by atoms with E-state index in [4.69, 9.17) is 11.6 Å². The molecule has 1 saturated carbocycles. The molecule has 2 aliphatic rings. The molecule has 66 valence electrons. The van der Waals surface area contributed by atoms with Gasteiger partial charge in [0, 0.05) is 5.92 Å². The zero-order valence-corrected chi connectivity index (χ0v) is 6.78. The predicted molar refractivity (Wildman–Crippen MR) is 40.0 cm³/mol. The maximum Gasteiger partial charge on any atom is 0.416 e. The van der Waals surface area contributed by atoms with Crippen LogP contribution in [0.5, 0.6) is 0 Å². The van der Waals surface area contributed by atoms with E-state index >= 15 is 0 Å². The molecule has 0 heterocycles. The third kappa shape index (κ3) is 1.16. The minimum atomic E-state index is -4.22. The van der Waals surface area contributed by atoms with E-state index in [1.54, 1.807) is 0 Å². The smallest absolute Gasteiger partial charge is 0.166 e. The second-order valence-corrected chi connectivity index (χ2v) is 3.89. The van der Waals surface area contributed by atoms with Crippen LogP contribution in [0.4, 0.5) is 13.2 Å². The minimum absolute atomic E-state index is 0.110. The third-order valence-electron chi connectivity index (χ3n) is 2.24. The second kappa shape index (κ2) is 2.08. The molecule has 0 spiro atoms. The molecule has 2 aliphatic carbocycles. The van der Waals surface area contributed by atoms with E-state index in [0.717, 1.165) is 6.08 Å². The van der Waals surface area contributed by atoms with Crippen LogP contribution in [0.15, 0.2) is 23.8 Å². The van der Waals surface area contributed by atoms with E-state index in [1.807, 2.05) is 0 Å². The Labute approximate surface area is 72.7 Å². The fourth-order valence-corrected chi connectivity index (χ4v) is 1.65. The average Bonchev–Trinajstić information content (AvgIpc) is 2.56.